The van der Waals surface area contributed by atoms with Gasteiger partial charge in [0.15, 0.2) is 0 Å². The smallest absolute Gasteiger partial charge is 0.261 e. The van der Waals surface area contributed by atoms with Gasteiger partial charge < -0.3 is 10.1 Å². The molecule has 1 amide bonds. The third kappa shape index (κ3) is 4.69. The molecule has 0 aliphatic heterocycles. The van der Waals surface area contributed by atoms with Crippen LogP contribution in [0.25, 0.3) is 0 Å². The quantitative estimate of drug-likeness (QED) is 0.568. The highest BCUT2D eigenvalue weighted by atomic mass is 35.5. The Morgan fingerprint density at radius 1 is 1.00 bits per heavy atom. The van der Waals surface area contributed by atoms with Crippen LogP contribution in [0.15, 0.2) is 65.6 Å². The lowest BCUT2D eigenvalue weighted by Gasteiger charge is -2.12. The van der Waals surface area contributed by atoms with E-state index in [0.717, 1.165) is 24.3 Å². The normalized spacial score (nSPS) is 11.1. The number of hydrogen-bond acceptors (Lipinski definition) is 4. The average molecular weight is 453 g/mol. The van der Waals surface area contributed by atoms with Gasteiger partial charge in [-0.05, 0) is 48.5 Å². The highest BCUT2D eigenvalue weighted by molar-refractivity contribution is 7.92. The standard InChI is InChI=1S/C20H15ClF2N2O4S/c1-29-19-9-6-12(10-15(19)21)25-30(27,28)13-7-8-18(17(23)11-13)24-20(26)14-4-2-3-5-16(14)22/h2-11,25H,1H3,(H,24,26). The molecule has 0 saturated heterocycles. The minimum absolute atomic E-state index is 0.151. The Morgan fingerprint density at radius 2 is 1.73 bits per heavy atom. The van der Waals surface area contributed by atoms with E-state index in [0.29, 0.717) is 5.75 Å². The Labute approximate surface area is 176 Å². The van der Waals surface area contributed by atoms with Crippen molar-refractivity contribution in [2.75, 3.05) is 17.1 Å². The second-order valence-electron chi connectivity index (χ2n) is 6.03. The highest BCUT2D eigenvalue weighted by Crippen LogP contribution is 2.29. The molecule has 0 atom stereocenters. The van der Waals surface area contributed by atoms with E-state index in [4.69, 9.17) is 16.3 Å². The van der Waals surface area contributed by atoms with E-state index >= 15 is 0 Å². The van der Waals surface area contributed by atoms with Gasteiger partial charge in [-0.15, -0.1) is 0 Å². The third-order valence-electron chi connectivity index (χ3n) is 4.02. The summed E-state index contributed by atoms with van der Waals surface area (Å²) < 4.78 is 60.4. The molecular weight excluding hydrogens is 438 g/mol. The van der Waals surface area contributed by atoms with Gasteiger partial charge in [-0.25, -0.2) is 17.2 Å². The van der Waals surface area contributed by atoms with Crippen molar-refractivity contribution in [3.05, 3.63) is 82.9 Å². The number of hydrogen-bond donors (Lipinski definition) is 2. The molecule has 0 aliphatic carbocycles. The molecule has 6 nitrogen and oxygen atoms in total. The van der Waals surface area contributed by atoms with Crippen molar-refractivity contribution in [3.63, 3.8) is 0 Å². The molecule has 3 aromatic carbocycles. The number of rotatable bonds is 6. The van der Waals surface area contributed by atoms with Gasteiger partial charge in [-0.1, -0.05) is 23.7 Å². The lowest BCUT2D eigenvalue weighted by atomic mass is 10.2. The van der Waals surface area contributed by atoms with Crippen LogP contribution in [0.5, 0.6) is 5.75 Å². The Kier molecular flexibility index (Phi) is 6.23. The summed E-state index contributed by atoms with van der Waals surface area (Å²) >= 11 is 5.97. The minimum atomic E-state index is -4.14. The van der Waals surface area contributed by atoms with Gasteiger partial charge in [-0.3, -0.25) is 9.52 Å². The van der Waals surface area contributed by atoms with E-state index < -0.39 is 27.6 Å². The van der Waals surface area contributed by atoms with Gasteiger partial charge in [0.2, 0.25) is 0 Å². The molecule has 156 valence electrons. The van der Waals surface area contributed by atoms with E-state index in [-0.39, 0.29) is 26.9 Å². The molecule has 0 unspecified atom stereocenters. The zero-order valence-electron chi connectivity index (χ0n) is 15.4. The second kappa shape index (κ2) is 8.68. The van der Waals surface area contributed by atoms with Crippen molar-refractivity contribution in [2.24, 2.45) is 0 Å². The number of anilines is 2. The summed E-state index contributed by atoms with van der Waals surface area (Å²) in [5, 5.41) is 2.41. The van der Waals surface area contributed by atoms with Crippen LogP contribution in [0.2, 0.25) is 5.02 Å². The Bertz CT molecular complexity index is 1220. The van der Waals surface area contributed by atoms with Crippen LogP contribution in [0, 0.1) is 11.6 Å². The van der Waals surface area contributed by atoms with Crippen LogP contribution in [0.1, 0.15) is 10.4 Å². The first kappa shape index (κ1) is 21.5. The lowest BCUT2D eigenvalue weighted by Crippen LogP contribution is -2.16. The van der Waals surface area contributed by atoms with Crippen molar-refractivity contribution in [3.8, 4) is 5.75 Å². The Balaban J connectivity index is 1.81. The van der Waals surface area contributed by atoms with Crippen molar-refractivity contribution in [1.82, 2.24) is 0 Å². The number of nitrogens with one attached hydrogen (secondary N) is 2. The lowest BCUT2D eigenvalue weighted by molar-refractivity contribution is 0.102. The topological polar surface area (TPSA) is 84.5 Å². The van der Waals surface area contributed by atoms with Crippen molar-refractivity contribution in [1.29, 1.82) is 0 Å². The predicted molar refractivity (Wildman–Crippen MR) is 110 cm³/mol. The summed E-state index contributed by atoms with van der Waals surface area (Å²) in [6, 6.07) is 12.4. The molecule has 2 N–H and O–H groups in total. The third-order valence-corrected chi connectivity index (χ3v) is 5.70. The zero-order valence-corrected chi connectivity index (χ0v) is 17.0. The molecule has 0 aliphatic rings. The average Bonchev–Trinajstić information content (AvgIpc) is 2.69. The van der Waals surface area contributed by atoms with Crippen LogP contribution in [0.4, 0.5) is 20.2 Å². The van der Waals surface area contributed by atoms with E-state index in [1.54, 1.807) is 0 Å². The van der Waals surface area contributed by atoms with Crippen LogP contribution in [0.3, 0.4) is 0 Å². The fourth-order valence-electron chi connectivity index (χ4n) is 2.54. The molecule has 0 radical (unpaired) electrons. The second-order valence-corrected chi connectivity index (χ2v) is 8.12. The minimum Gasteiger partial charge on any atom is -0.495 e. The molecular formula is C20H15ClF2N2O4S. The van der Waals surface area contributed by atoms with E-state index in [1.807, 2.05) is 0 Å². The van der Waals surface area contributed by atoms with Crippen molar-refractivity contribution >= 4 is 38.9 Å². The maximum atomic E-state index is 14.4. The van der Waals surface area contributed by atoms with Crippen LogP contribution < -0.4 is 14.8 Å². The van der Waals surface area contributed by atoms with Gasteiger partial charge in [0.25, 0.3) is 15.9 Å². The van der Waals surface area contributed by atoms with Crippen molar-refractivity contribution < 1.29 is 26.7 Å². The number of methoxy groups -OCH3 is 1. The molecule has 0 fully saturated rings. The summed E-state index contributed by atoms with van der Waals surface area (Å²) in [6.45, 7) is 0. The summed E-state index contributed by atoms with van der Waals surface area (Å²) in [5.41, 5.74) is -0.417. The molecule has 0 heterocycles. The molecule has 3 aromatic rings. The van der Waals surface area contributed by atoms with Gasteiger partial charge in [-0.2, -0.15) is 0 Å². The fraction of sp³-hybridized carbons (Fsp3) is 0.0500. The number of sulfonamides is 1. The van der Waals surface area contributed by atoms with Crippen molar-refractivity contribution in [2.45, 2.75) is 4.90 Å². The molecule has 30 heavy (non-hydrogen) atoms. The molecule has 0 spiro atoms. The molecule has 3 rings (SSSR count). The Morgan fingerprint density at radius 3 is 2.37 bits per heavy atom. The number of amides is 1. The summed E-state index contributed by atoms with van der Waals surface area (Å²) in [6.07, 6.45) is 0. The number of benzene rings is 3. The van der Waals surface area contributed by atoms with Crippen LogP contribution in [-0.4, -0.2) is 21.4 Å². The molecule has 0 aromatic heterocycles. The van der Waals surface area contributed by atoms with E-state index in [9.17, 15) is 22.0 Å². The zero-order chi connectivity index (χ0) is 21.9. The van der Waals surface area contributed by atoms with E-state index in [1.165, 1.54) is 43.5 Å². The van der Waals surface area contributed by atoms with Crippen LogP contribution >= 0.6 is 11.6 Å². The number of halogens is 3. The maximum Gasteiger partial charge on any atom is 0.261 e. The van der Waals surface area contributed by atoms with Gasteiger partial charge >= 0.3 is 0 Å². The molecule has 0 saturated carbocycles. The number of carbonyl (C=O) groups excluding carboxylic acids is 1. The largest absolute Gasteiger partial charge is 0.495 e. The highest BCUT2D eigenvalue weighted by Gasteiger charge is 2.19. The number of ether oxygens (including phenoxy) is 1. The predicted octanol–water partition coefficient (Wildman–Crippen LogP) is 4.68. The summed E-state index contributed by atoms with van der Waals surface area (Å²) in [7, 11) is -2.72. The van der Waals surface area contributed by atoms with Crippen LogP contribution in [-0.2, 0) is 10.0 Å². The first-order chi connectivity index (χ1) is 14.2. The SMILES string of the molecule is COc1ccc(NS(=O)(=O)c2ccc(NC(=O)c3ccccc3F)c(F)c2)cc1Cl. The first-order valence-electron chi connectivity index (χ1n) is 8.43. The summed E-state index contributed by atoms with van der Waals surface area (Å²) in [5.74, 6) is -2.28. The van der Waals surface area contributed by atoms with Gasteiger partial charge in [0, 0.05) is 0 Å². The fourth-order valence-corrected chi connectivity index (χ4v) is 3.86. The molecule has 0 bridgehead atoms. The van der Waals surface area contributed by atoms with Gasteiger partial charge in [0.1, 0.15) is 17.4 Å². The molecule has 10 heteroatoms. The van der Waals surface area contributed by atoms with Gasteiger partial charge in [0.05, 0.1) is 34.0 Å². The maximum absolute atomic E-state index is 14.4. The monoisotopic (exact) mass is 452 g/mol. The van der Waals surface area contributed by atoms with E-state index in [2.05, 4.69) is 10.0 Å². The summed E-state index contributed by atoms with van der Waals surface area (Å²) in [4.78, 5) is 11.7. The number of carbonyl (C=O) groups is 1. The first-order valence-corrected chi connectivity index (χ1v) is 10.3. The Hall–Kier alpha value is -3.17.